The number of hydrogen-bond donors (Lipinski definition) is 3. The molecule has 0 aliphatic heterocycles. The van der Waals surface area contributed by atoms with Crippen molar-refractivity contribution in [1.82, 2.24) is 0 Å². The number of alkyl halides is 3. The molecule has 0 radical (unpaired) electrons. The van der Waals surface area contributed by atoms with Crippen molar-refractivity contribution in [1.29, 1.82) is 0 Å². The Morgan fingerprint density at radius 2 is 1.74 bits per heavy atom. The lowest BCUT2D eigenvalue weighted by Crippen LogP contribution is -2.22. The van der Waals surface area contributed by atoms with Gasteiger partial charge in [-0.15, -0.1) is 37.1 Å². The highest BCUT2D eigenvalue weighted by Gasteiger charge is 2.31. The molecule has 2 aromatic rings. The lowest BCUT2D eigenvalue weighted by atomic mass is 10.1. The van der Waals surface area contributed by atoms with E-state index in [2.05, 4.69) is 20.4 Å². The minimum Gasteiger partial charge on any atom is -0.406 e. The lowest BCUT2D eigenvalue weighted by Gasteiger charge is -2.11. The third kappa shape index (κ3) is 8.27. The van der Waals surface area contributed by atoms with Crippen LogP contribution >= 0.6 is 24.0 Å². The van der Waals surface area contributed by atoms with Gasteiger partial charge in [-0.2, -0.15) is 0 Å². The van der Waals surface area contributed by atoms with E-state index in [9.17, 15) is 18.0 Å². The Hall–Kier alpha value is -2.50. The normalized spacial score (nSPS) is 14.6. The van der Waals surface area contributed by atoms with Crippen molar-refractivity contribution in [3.63, 3.8) is 0 Å². The van der Waals surface area contributed by atoms with Crippen LogP contribution < -0.4 is 21.1 Å². The first-order valence-electron chi connectivity index (χ1n) is 9.61. The largest absolute Gasteiger partial charge is 0.573 e. The summed E-state index contributed by atoms with van der Waals surface area (Å²) in [5.41, 5.74) is 7.90. The van der Waals surface area contributed by atoms with Crippen LogP contribution in [0.5, 0.6) is 5.75 Å². The predicted molar refractivity (Wildman–Crippen MR) is 125 cm³/mol. The number of halogens is 4. The number of anilines is 2. The molecule has 3 rings (SSSR count). The smallest absolute Gasteiger partial charge is 0.406 e. The number of nitrogens with one attached hydrogen (secondary N) is 2. The summed E-state index contributed by atoms with van der Waals surface area (Å²) in [6, 6.07) is 12.5. The number of nitrogens with two attached hydrogens (primary N) is 1. The van der Waals surface area contributed by atoms with E-state index < -0.39 is 6.36 Å². The molecule has 1 aliphatic carbocycles. The van der Waals surface area contributed by atoms with Crippen LogP contribution in [0.1, 0.15) is 31.2 Å². The van der Waals surface area contributed by atoms with Gasteiger partial charge in [0.25, 0.3) is 0 Å². The van der Waals surface area contributed by atoms with E-state index in [1.807, 2.05) is 24.3 Å². The fourth-order valence-electron chi connectivity index (χ4n) is 3.28. The number of nitrogens with zero attached hydrogens (tertiary/aromatic N) is 1. The molecule has 4 N–H and O–H groups in total. The summed E-state index contributed by atoms with van der Waals surface area (Å²) in [7, 11) is 0. The zero-order chi connectivity index (χ0) is 21.6. The number of carbonyl (C=O) groups is 1. The molecule has 2 aromatic carbocycles. The summed E-state index contributed by atoms with van der Waals surface area (Å²) < 4.78 is 40.4. The fourth-order valence-corrected chi connectivity index (χ4v) is 3.28. The number of aliphatic imine (C=N–C) groups is 1. The molecule has 0 unspecified atom stereocenters. The van der Waals surface area contributed by atoms with E-state index in [1.165, 1.54) is 24.3 Å². The summed E-state index contributed by atoms with van der Waals surface area (Å²) in [4.78, 5) is 16.5. The van der Waals surface area contributed by atoms with Crippen molar-refractivity contribution in [3.8, 4) is 5.75 Å². The van der Waals surface area contributed by atoms with Crippen molar-refractivity contribution in [2.45, 2.75) is 38.6 Å². The zero-order valence-corrected chi connectivity index (χ0v) is 18.9. The van der Waals surface area contributed by atoms with Crippen LogP contribution in [0.15, 0.2) is 53.5 Å². The van der Waals surface area contributed by atoms with E-state index in [0.29, 0.717) is 11.4 Å². The van der Waals surface area contributed by atoms with Gasteiger partial charge in [-0.05, 0) is 54.8 Å². The van der Waals surface area contributed by atoms with E-state index in [1.54, 1.807) is 0 Å². The molecule has 6 nitrogen and oxygen atoms in total. The van der Waals surface area contributed by atoms with Gasteiger partial charge in [0.15, 0.2) is 5.96 Å². The van der Waals surface area contributed by atoms with Crippen molar-refractivity contribution in [2.24, 2.45) is 16.6 Å². The minimum atomic E-state index is -4.74. The Morgan fingerprint density at radius 1 is 1.06 bits per heavy atom. The van der Waals surface area contributed by atoms with E-state index >= 15 is 0 Å². The maximum atomic E-state index is 12.3. The second-order valence-corrected chi connectivity index (χ2v) is 7.07. The van der Waals surface area contributed by atoms with Crippen molar-refractivity contribution < 1.29 is 22.7 Å². The Balaban J connectivity index is 0.00000341. The average molecular weight is 548 g/mol. The number of hydrogen-bond acceptors (Lipinski definition) is 3. The van der Waals surface area contributed by atoms with Gasteiger partial charge < -0.3 is 21.1 Å². The topological polar surface area (TPSA) is 88.7 Å². The molecule has 1 amide bonds. The van der Waals surface area contributed by atoms with Crippen LogP contribution in [0.4, 0.5) is 24.5 Å². The minimum absolute atomic E-state index is 0. The molecule has 0 aromatic heterocycles. The zero-order valence-electron chi connectivity index (χ0n) is 16.6. The Labute approximate surface area is 195 Å². The highest BCUT2D eigenvalue weighted by atomic mass is 127. The van der Waals surface area contributed by atoms with Crippen LogP contribution in [0.25, 0.3) is 0 Å². The molecular weight excluding hydrogens is 524 g/mol. The Morgan fingerprint density at radius 3 is 2.39 bits per heavy atom. The van der Waals surface area contributed by atoms with E-state index in [-0.39, 0.29) is 54.1 Å². The third-order valence-corrected chi connectivity index (χ3v) is 4.71. The third-order valence-electron chi connectivity index (χ3n) is 4.71. The van der Waals surface area contributed by atoms with Crippen molar-refractivity contribution in [3.05, 3.63) is 54.1 Å². The van der Waals surface area contributed by atoms with Crippen LogP contribution in [-0.4, -0.2) is 18.2 Å². The van der Waals surface area contributed by atoms with Crippen LogP contribution in [-0.2, 0) is 11.3 Å². The van der Waals surface area contributed by atoms with Gasteiger partial charge in [-0.3, -0.25) is 4.79 Å². The molecule has 10 heteroatoms. The molecular formula is C21H24F3IN4O2. The van der Waals surface area contributed by atoms with Crippen molar-refractivity contribution in [2.75, 3.05) is 10.6 Å². The van der Waals surface area contributed by atoms with E-state index in [0.717, 1.165) is 31.2 Å². The lowest BCUT2D eigenvalue weighted by molar-refractivity contribution is -0.274. The number of ether oxygens (including phenoxy) is 1. The first-order chi connectivity index (χ1) is 14.3. The Bertz CT molecular complexity index is 898. The second-order valence-electron chi connectivity index (χ2n) is 7.07. The summed E-state index contributed by atoms with van der Waals surface area (Å²) in [6.45, 7) is 0.279. The highest BCUT2D eigenvalue weighted by molar-refractivity contribution is 14.0. The number of carbonyl (C=O) groups excluding carboxylic acids is 1. The van der Waals surface area contributed by atoms with Gasteiger partial charge in [0.1, 0.15) is 5.75 Å². The monoisotopic (exact) mass is 548 g/mol. The summed E-state index contributed by atoms with van der Waals surface area (Å²) in [5, 5.41) is 5.75. The number of rotatable bonds is 6. The number of amides is 1. The van der Waals surface area contributed by atoms with Gasteiger partial charge >= 0.3 is 6.36 Å². The molecule has 0 atom stereocenters. The molecule has 0 spiro atoms. The number of benzene rings is 2. The Kier molecular flexibility index (Phi) is 8.96. The predicted octanol–water partition coefficient (Wildman–Crippen LogP) is 5.26. The van der Waals surface area contributed by atoms with Crippen LogP contribution in [0.2, 0.25) is 0 Å². The summed E-state index contributed by atoms with van der Waals surface area (Å²) in [6.07, 6.45) is -0.683. The van der Waals surface area contributed by atoms with Crippen LogP contribution in [0, 0.1) is 5.92 Å². The van der Waals surface area contributed by atoms with Gasteiger partial charge in [0.2, 0.25) is 5.91 Å². The SMILES string of the molecule is I.NC(=NCc1cccc(NC(=O)C2CCCC2)c1)Nc1ccc(OC(F)(F)F)cc1. The fraction of sp³-hybridized carbons (Fsp3) is 0.333. The maximum Gasteiger partial charge on any atom is 0.573 e. The highest BCUT2D eigenvalue weighted by Crippen LogP contribution is 2.26. The molecule has 1 saturated carbocycles. The van der Waals surface area contributed by atoms with Gasteiger partial charge in [-0.25, -0.2) is 4.99 Å². The maximum absolute atomic E-state index is 12.3. The standard InChI is InChI=1S/C21H23F3N4O2.HI/c22-21(23,24)30-18-10-8-16(9-11-18)28-20(25)26-13-14-4-3-7-17(12-14)27-19(29)15-5-1-2-6-15;/h3-4,7-12,15H,1-2,5-6,13H2,(H,27,29)(H3,25,26,28);1H. The molecule has 1 aliphatic rings. The average Bonchev–Trinajstić information content (AvgIpc) is 3.22. The molecule has 0 bridgehead atoms. The summed E-state index contributed by atoms with van der Waals surface area (Å²) in [5.74, 6) is -0.0772. The molecule has 0 saturated heterocycles. The van der Waals surface area contributed by atoms with E-state index in [4.69, 9.17) is 5.73 Å². The van der Waals surface area contributed by atoms with Crippen LogP contribution in [0.3, 0.4) is 0 Å². The molecule has 168 valence electrons. The van der Waals surface area contributed by atoms with Gasteiger partial charge in [0, 0.05) is 17.3 Å². The quantitative estimate of drug-likeness (QED) is 0.261. The van der Waals surface area contributed by atoms with Gasteiger partial charge in [-0.1, -0.05) is 25.0 Å². The molecule has 1 fully saturated rings. The molecule has 31 heavy (non-hydrogen) atoms. The number of guanidine groups is 1. The second kappa shape index (κ2) is 11.2. The van der Waals surface area contributed by atoms with Crippen molar-refractivity contribution >= 4 is 47.2 Å². The summed E-state index contributed by atoms with van der Waals surface area (Å²) >= 11 is 0. The molecule has 0 heterocycles. The first kappa shape index (κ1) is 24.8. The van der Waals surface area contributed by atoms with Gasteiger partial charge in [0.05, 0.1) is 6.54 Å². The first-order valence-corrected chi connectivity index (χ1v) is 9.61.